The largest absolute Gasteiger partial charge is 0.287 e. The van der Waals surface area contributed by atoms with Crippen molar-refractivity contribution in [3.05, 3.63) is 0 Å². The van der Waals surface area contributed by atoms with Gasteiger partial charge >= 0.3 is 0 Å². The second-order valence-electron chi connectivity index (χ2n) is 8.63. The molecule has 0 radical (unpaired) electrons. The second-order valence-corrected chi connectivity index (χ2v) is 14.4. The van der Waals surface area contributed by atoms with Crippen LogP contribution in [-0.2, 0) is 9.59 Å². The number of thioether (sulfide) groups is 5. The molecule has 4 aliphatic carbocycles. The van der Waals surface area contributed by atoms with Crippen molar-refractivity contribution >= 4 is 69.0 Å². The number of hydrogen-bond acceptors (Lipinski definition) is 7. The Bertz CT molecular complexity index is 509. The van der Waals surface area contributed by atoms with E-state index < -0.39 is 0 Å². The molecule has 5 aliphatic rings. The molecule has 0 aromatic rings. The lowest BCUT2D eigenvalue weighted by molar-refractivity contribution is -0.154. The van der Waals surface area contributed by atoms with Gasteiger partial charge < -0.3 is 0 Å². The summed E-state index contributed by atoms with van der Waals surface area (Å²) in [7, 11) is 0. The van der Waals surface area contributed by atoms with E-state index in [1.165, 1.54) is 29.4 Å². The normalized spacial score (nSPS) is 41.9. The van der Waals surface area contributed by atoms with E-state index in [1.807, 2.05) is 35.3 Å². The molecule has 2 nitrogen and oxygen atoms in total. The maximum absolute atomic E-state index is 13.2. The first-order chi connectivity index (χ1) is 13.1. The topological polar surface area (TPSA) is 34.1 Å². The predicted molar refractivity (Wildman–Crippen MR) is 126 cm³/mol. The van der Waals surface area contributed by atoms with Crippen molar-refractivity contribution in [2.75, 3.05) is 46.0 Å². The monoisotopic (exact) mass is 462 g/mol. The molecule has 0 N–H and O–H groups in total. The maximum Gasteiger partial charge on any atom is 0.195 e. The van der Waals surface area contributed by atoms with E-state index in [1.54, 1.807) is 23.5 Å². The van der Waals surface area contributed by atoms with Crippen molar-refractivity contribution in [1.29, 1.82) is 0 Å². The molecular weight excluding hydrogens is 433 g/mol. The summed E-state index contributed by atoms with van der Waals surface area (Å²) in [6, 6.07) is 0. The SMILES string of the molecule is O=C1SCCSCCSCCSCCSC(=O)C23CC4CC(CC1(C4)C2)C3. The van der Waals surface area contributed by atoms with Gasteiger partial charge in [0.2, 0.25) is 0 Å². The van der Waals surface area contributed by atoms with Crippen LogP contribution in [0, 0.1) is 22.7 Å². The molecule has 1 aliphatic heterocycles. The Hall–Kier alpha value is 1.09. The summed E-state index contributed by atoms with van der Waals surface area (Å²) in [5.74, 6) is 10.1. The third kappa shape index (κ3) is 4.88. The lowest BCUT2D eigenvalue weighted by Crippen LogP contribution is -2.56. The van der Waals surface area contributed by atoms with Gasteiger partial charge in [0.25, 0.3) is 0 Å². The van der Waals surface area contributed by atoms with Crippen LogP contribution in [0.25, 0.3) is 0 Å². The van der Waals surface area contributed by atoms with Gasteiger partial charge in [-0.1, -0.05) is 23.5 Å². The van der Waals surface area contributed by atoms with Crippen LogP contribution in [0.15, 0.2) is 0 Å². The van der Waals surface area contributed by atoms with Gasteiger partial charge in [-0.25, -0.2) is 0 Å². The molecule has 2 spiro atoms. The Kier molecular flexibility index (Phi) is 7.49. The molecule has 5 fully saturated rings. The molecule has 5 rings (SSSR count). The first-order valence-electron chi connectivity index (χ1n) is 10.2. The van der Waals surface area contributed by atoms with Gasteiger partial charge in [-0.15, -0.1) is 0 Å². The van der Waals surface area contributed by atoms with Gasteiger partial charge in [-0.3, -0.25) is 9.59 Å². The summed E-state index contributed by atoms with van der Waals surface area (Å²) in [6.45, 7) is 0. The Morgan fingerprint density at radius 3 is 1.37 bits per heavy atom. The van der Waals surface area contributed by atoms with E-state index in [9.17, 15) is 9.59 Å². The van der Waals surface area contributed by atoms with E-state index in [4.69, 9.17) is 0 Å². The molecule has 1 heterocycles. The van der Waals surface area contributed by atoms with Crippen molar-refractivity contribution < 1.29 is 9.59 Å². The standard InChI is InChI=1S/C20H30O2S5/c21-17-19-10-15-9-16(11-19)13-20(12-15,14-19)18(22)27-8-6-25-4-2-23-1-3-24-5-7-26-17/h15-16H,1-14H2. The summed E-state index contributed by atoms with van der Waals surface area (Å²) >= 11 is 9.19. The summed E-state index contributed by atoms with van der Waals surface area (Å²) in [5.41, 5.74) is -0.350. The van der Waals surface area contributed by atoms with E-state index in [0.717, 1.165) is 55.1 Å². The average Bonchev–Trinajstić information content (AvgIpc) is 2.63. The fourth-order valence-corrected chi connectivity index (χ4v) is 11.5. The highest BCUT2D eigenvalue weighted by molar-refractivity contribution is 8.15. The molecule has 4 bridgehead atoms. The lowest BCUT2D eigenvalue weighted by atomic mass is 9.45. The highest BCUT2D eigenvalue weighted by Gasteiger charge is 2.62. The third-order valence-electron chi connectivity index (χ3n) is 6.59. The second kappa shape index (κ2) is 9.49. The minimum Gasteiger partial charge on any atom is -0.287 e. The van der Waals surface area contributed by atoms with Crippen molar-refractivity contribution in [3.8, 4) is 0 Å². The molecule has 27 heavy (non-hydrogen) atoms. The van der Waals surface area contributed by atoms with Gasteiger partial charge in [0.1, 0.15) is 0 Å². The van der Waals surface area contributed by atoms with Gasteiger partial charge in [0.05, 0.1) is 0 Å². The summed E-state index contributed by atoms with van der Waals surface area (Å²) in [6.07, 6.45) is 6.39. The number of carbonyl (C=O) groups is 2. The quantitative estimate of drug-likeness (QED) is 0.483. The molecule has 0 amide bonds. The van der Waals surface area contributed by atoms with Crippen molar-refractivity contribution in [2.45, 2.75) is 38.5 Å². The Morgan fingerprint density at radius 2 is 0.963 bits per heavy atom. The highest BCUT2D eigenvalue weighted by Crippen LogP contribution is 2.67. The maximum atomic E-state index is 13.2. The molecule has 0 aromatic carbocycles. The lowest BCUT2D eigenvalue weighted by Gasteiger charge is -2.60. The van der Waals surface area contributed by atoms with Gasteiger partial charge in [0, 0.05) is 56.9 Å². The van der Waals surface area contributed by atoms with Gasteiger partial charge in [0.15, 0.2) is 10.2 Å². The first kappa shape index (κ1) is 21.3. The smallest absolute Gasteiger partial charge is 0.195 e. The molecule has 0 unspecified atom stereocenters. The fourth-order valence-electron chi connectivity index (χ4n) is 5.97. The Morgan fingerprint density at radius 1 is 0.593 bits per heavy atom. The van der Waals surface area contributed by atoms with E-state index in [0.29, 0.717) is 22.1 Å². The van der Waals surface area contributed by atoms with Crippen LogP contribution >= 0.6 is 58.8 Å². The van der Waals surface area contributed by atoms with Crippen LogP contribution in [0.2, 0.25) is 0 Å². The van der Waals surface area contributed by atoms with Crippen molar-refractivity contribution in [3.63, 3.8) is 0 Å². The minimum absolute atomic E-state index is 0.175. The summed E-state index contributed by atoms with van der Waals surface area (Å²) < 4.78 is 0. The summed E-state index contributed by atoms with van der Waals surface area (Å²) in [5, 5.41) is 0.843. The predicted octanol–water partition coefficient (Wildman–Crippen LogP) is 5.31. The highest BCUT2D eigenvalue weighted by atomic mass is 32.2. The zero-order valence-corrected chi connectivity index (χ0v) is 20.0. The van der Waals surface area contributed by atoms with Crippen LogP contribution in [0.4, 0.5) is 0 Å². The number of rotatable bonds is 0. The van der Waals surface area contributed by atoms with E-state index in [2.05, 4.69) is 0 Å². The average molecular weight is 463 g/mol. The first-order valence-corrected chi connectivity index (χ1v) is 15.6. The minimum atomic E-state index is -0.175. The van der Waals surface area contributed by atoms with Crippen LogP contribution in [0.5, 0.6) is 0 Å². The van der Waals surface area contributed by atoms with Crippen molar-refractivity contribution in [1.82, 2.24) is 0 Å². The molecule has 0 atom stereocenters. The Labute approximate surface area is 185 Å². The van der Waals surface area contributed by atoms with Gasteiger partial charge in [-0.05, 0) is 50.4 Å². The number of carbonyl (C=O) groups excluding carboxylic acids is 2. The van der Waals surface area contributed by atoms with Gasteiger partial charge in [-0.2, -0.15) is 35.3 Å². The molecule has 0 aromatic heterocycles. The number of hydrogen-bond donors (Lipinski definition) is 0. The van der Waals surface area contributed by atoms with Crippen LogP contribution in [-0.4, -0.2) is 56.3 Å². The van der Waals surface area contributed by atoms with Crippen LogP contribution in [0.3, 0.4) is 0 Å². The molecule has 7 heteroatoms. The van der Waals surface area contributed by atoms with Crippen LogP contribution in [0.1, 0.15) is 38.5 Å². The zero-order chi connectivity index (χ0) is 18.7. The van der Waals surface area contributed by atoms with Crippen molar-refractivity contribution in [2.24, 2.45) is 22.7 Å². The summed E-state index contributed by atoms with van der Waals surface area (Å²) in [4.78, 5) is 26.5. The van der Waals surface area contributed by atoms with E-state index >= 15 is 0 Å². The Balaban J connectivity index is 1.47. The zero-order valence-electron chi connectivity index (χ0n) is 15.9. The van der Waals surface area contributed by atoms with E-state index in [-0.39, 0.29) is 10.8 Å². The molecule has 152 valence electrons. The molecule has 1 saturated heterocycles. The molecule has 4 saturated carbocycles. The molecular formula is C20H30O2S5. The third-order valence-corrected chi connectivity index (χ3v) is 12.8. The van der Waals surface area contributed by atoms with Crippen LogP contribution < -0.4 is 0 Å². The fraction of sp³-hybridized carbons (Fsp3) is 0.900.